The van der Waals surface area contributed by atoms with Crippen LogP contribution >= 0.6 is 0 Å². The van der Waals surface area contributed by atoms with E-state index in [0.717, 1.165) is 38.5 Å². The number of hydrogen-bond acceptors (Lipinski definition) is 3. The highest BCUT2D eigenvalue weighted by atomic mass is 32.2. The third-order valence-corrected chi connectivity index (χ3v) is 6.02. The molecule has 4 nitrogen and oxygen atoms in total. The van der Waals surface area contributed by atoms with Crippen molar-refractivity contribution in [3.05, 3.63) is 0 Å². The fraction of sp³-hybridized carbons (Fsp3) is 1.00. The zero-order chi connectivity index (χ0) is 13.2. The van der Waals surface area contributed by atoms with Gasteiger partial charge in [-0.2, -0.15) is 4.31 Å². The third-order valence-electron chi connectivity index (χ3n) is 3.94. The van der Waals surface area contributed by atoms with Gasteiger partial charge in [0.25, 0.3) is 0 Å². The number of hydrogen-bond donors (Lipinski definition) is 1. The first-order chi connectivity index (χ1) is 8.49. The summed E-state index contributed by atoms with van der Waals surface area (Å²) in [6.45, 7) is 2.39. The second-order valence-corrected chi connectivity index (χ2v) is 7.89. The number of aliphatic hydroxyl groups is 1. The zero-order valence-electron chi connectivity index (χ0n) is 11.2. The van der Waals surface area contributed by atoms with E-state index in [4.69, 9.17) is 0 Å². The Bertz CT molecular complexity index is 362. The van der Waals surface area contributed by atoms with Gasteiger partial charge in [0.1, 0.15) is 0 Å². The first-order valence-electron chi connectivity index (χ1n) is 7.16. The average Bonchev–Trinajstić information content (AvgIpc) is 3.04. The van der Waals surface area contributed by atoms with Crippen molar-refractivity contribution in [2.75, 3.05) is 12.3 Å². The highest BCUT2D eigenvalue weighted by molar-refractivity contribution is 7.89. The van der Waals surface area contributed by atoms with Crippen molar-refractivity contribution in [1.82, 2.24) is 4.31 Å². The molecule has 2 fully saturated rings. The Labute approximate surface area is 110 Å². The molecule has 5 heteroatoms. The number of sulfonamides is 1. The maximum absolute atomic E-state index is 12.4. The molecule has 0 aromatic heterocycles. The Kier molecular flexibility index (Phi) is 4.67. The second kappa shape index (κ2) is 5.88. The van der Waals surface area contributed by atoms with Gasteiger partial charge in [0.2, 0.25) is 10.0 Å². The van der Waals surface area contributed by atoms with Crippen molar-refractivity contribution < 1.29 is 13.5 Å². The molecule has 1 saturated heterocycles. The lowest BCUT2D eigenvalue weighted by atomic mass is 10.1. The molecule has 0 radical (unpaired) electrons. The molecule has 1 aliphatic carbocycles. The summed E-state index contributed by atoms with van der Waals surface area (Å²) in [5.74, 6) is 0.717. The van der Waals surface area contributed by atoms with Gasteiger partial charge in [-0.1, -0.05) is 12.8 Å². The molecule has 2 rings (SSSR count). The van der Waals surface area contributed by atoms with Crippen LogP contribution < -0.4 is 0 Å². The summed E-state index contributed by atoms with van der Waals surface area (Å²) in [6.07, 6.45) is 6.31. The predicted octanol–water partition coefficient (Wildman–Crippen LogP) is 1.74. The minimum absolute atomic E-state index is 0.0104. The first kappa shape index (κ1) is 14.3. The molecule has 1 aliphatic heterocycles. The van der Waals surface area contributed by atoms with Gasteiger partial charge in [0, 0.05) is 12.6 Å². The summed E-state index contributed by atoms with van der Waals surface area (Å²) in [5.41, 5.74) is 0. The lowest BCUT2D eigenvalue weighted by molar-refractivity contribution is 0.147. The largest absolute Gasteiger partial charge is 0.393 e. The summed E-state index contributed by atoms with van der Waals surface area (Å²) < 4.78 is 26.5. The molecule has 106 valence electrons. The van der Waals surface area contributed by atoms with E-state index in [1.54, 1.807) is 11.2 Å². The van der Waals surface area contributed by atoms with E-state index in [9.17, 15) is 13.5 Å². The Balaban J connectivity index is 2.08. The van der Waals surface area contributed by atoms with Crippen molar-refractivity contribution in [3.8, 4) is 0 Å². The van der Waals surface area contributed by atoms with Crippen molar-refractivity contribution in [1.29, 1.82) is 0 Å². The van der Waals surface area contributed by atoms with Crippen LogP contribution in [0.3, 0.4) is 0 Å². The molecule has 2 atom stereocenters. The van der Waals surface area contributed by atoms with E-state index in [1.807, 2.05) is 0 Å². The second-order valence-electron chi connectivity index (χ2n) is 5.92. The van der Waals surface area contributed by atoms with Crippen LogP contribution in [0, 0.1) is 5.92 Å². The summed E-state index contributed by atoms with van der Waals surface area (Å²) in [5, 5.41) is 9.55. The van der Waals surface area contributed by atoms with Gasteiger partial charge in [0.05, 0.1) is 11.9 Å². The van der Waals surface area contributed by atoms with Gasteiger partial charge in [-0.3, -0.25) is 0 Å². The van der Waals surface area contributed by atoms with Crippen LogP contribution in [0.2, 0.25) is 0 Å². The molecular weight excluding hydrogens is 250 g/mol. The van der Waals surface area contributed by atoms with E-state index < -0.39 is 16.1 Å². The van der Waals surface area contributed by atoms with Crippen molar-refractivity contribution in [2.24, 2.45) is 5.92 Å². The monoisotopic (exact) mass is 275 g/mol. The lowest BCUT2D eigenvalue weighted by Gasteiger charge is -2.30. The minimum Gasteiger partial charge on any atom is -0.393 e. The SMILES string of the molecule is CC(O)CC1CCCCCN1S(=O)(=O)CC1CC1. The van der Waals surface area contributed by atoms with E-state index in [1.165, 1.54) is 0 Å². The molecule has 2 aliphatic rings. The summed E-state index contributed by atoms with van der Waals surface area (Å²) >= 11 is 0. The Morgan fingerprint density at radius 1 is 1.22 bits per heavy atom. The zero-order valence-corrected chi connectivity index (χ0v) is 12.0. The normalized spacial score (nSPS) is 28.9. The molecule has 2 unspecified atom stereocenters. The highest BCUT2D eigenvalue weighted by Crippen LogP contribution is 2.33. The van der Waals surface area contributed by atoms with Crippen LogP contribution in [0.25, 0.3) is 0 Å². The van der Waals surface area contributed by atoms with Gasteiger partial charge < -0.3 is 5.11 Å². The van der Waals surface area contributed by atoms with Crippen LogP contribution in [0.5, 0.6) is 0 Å². The molecule has 0 bridgehead atoms. The van der Waals surface area contributed by atoms with Gasteiger partial charge in [-0.15, -0.1) is 0 Å². The molecule has 1 saturated carbocycles. The fourth-order valence-corrected chi connectivity index (χ4v) is 5.00. The number of rotatable bonds is 5. The summed E-state index contributed by atoms with van der Waals surface area (Å²) in [4.78, 5) is 0. The highest BCUT2D eigenvalue weighted by Gasteiger charge is 2.36. The fourth-order valence-electron chi connectivity index (χ4n) is 2.82. The first-order valence-corrected chi connectivity index (χ1v) is 8.77. The van der Waals surface area contributed by atoms with Crippen LogP contribution in [0.4, 0.5) is 0 Å². The maximum Gasteiger partial charge on any atom is 0.214 e. The van der Waals surface area contributed by atoms with Crippen molar-refractivity contribution >= 4 is 10.0 Å². The Morgan fingerprint density at radius 2 is 1.94 bits per heavy atom. The molecule has 1 heterocycles. The number of aliphatic hydroxyl groups excluding tert-OH is 1. The van der Waals surface area contributed by atoms with Crippen LogP contribution in [-0.4, -0.2) is 42.3 Å². The molecule has 0 spiro atoms. The van der Waals surface area contributed by atoms with E-state index in [2.05, 4.69) is 0 Å². The van der Waals surface area contributed by atoms with Gasteiger partial charge in [0.15, 0.2) is 0 Å². The van der Waals surface area contributed by atoms with Gasteiger partial charge in [-0.25, -0.2) is 8.42 Å². The number of nitrogens with zero attached hydrogens (tertiary/aromatic N) is 1. The van der Waals surface area contributed by atoms with Gasteiger partial charge in [-0.05, 0) is 44.9 Å². The molecule has 0 amide bonds. The van der Waals surface area contributed by atoms with E-state index in [-0.39, 0.29) is 6.04 Å². The smallest absolute Gasteiger partial charge is 0.214 e. The van der Waals surface area contributed by atoms with Crippen LogP contribution in [-0.2, 0) is 10.0 Å². The molecule has 0 aromatic carbocycles. The maximum atomic E-state index is 12.4. The van der Waals surface area contributed by atoms with Crippen LogP contribution in [0.1, 0.15) is 51.9 Å². The van der Waals surface area contributed by atoms with E-state index >= 15 is 0 Å². The topological polar surface area (TPSA) is 57.6 Å². The van der Waals surface area contributed by atoms with Crippen molar-refractivity contribution in [2.45, 2.75) is 64.0 Å². The molecule has 1 N–H and O–H groups in total. The Morgan fingerprint density at radius 3 is 2.56 bits per heavy atom. The quantitative estimate of drug-likeness (QED) is 0.831. The third kappa shape index (κ3) is 3.93. The summed E-state index contributed by atoms with van der Waals surface area (Å²) in [7, 11) is -3.12. The lowest BCUT2D eigenvalue weighted by Crippen LogP contribution is -2.42. The molecular formula is C13H25NO3S. The average molecular weight is 275 g/mol. The standard InChI is InChI=1S/C13H25NO3S/c1-11(15)9-13-5-3-2-4-8-14(13)18(16,17)10-12-6-7-12/h11-13,15H,2-10H2,1H3. The van der Waals surface area contributed by atoms with Crippen molar-refractivity contribution in [3.63, 3.8) is 0 Å². The minimum atomic E-state index is -3.12. The Hall–Kier alpha value is -0.130. The van der Waals surface area contributed by atoms with E-state index in [0.29, 0.717) is 24.6 Å². The summed E-state index contributed by atoms with van der Waals surface area (Å²) in [6, 6.07) is 0.0104. The van der Waals surface area contributed by atoms with Crippen LogP contribution in [0.15, 0.2) is 0 Å². The van der Waals surface area contributed by atoms with Gasteiger partial charge >= 0.3 is 0 Å². The molecule has 18 heavy (non-hydrogen) atoms. The predicted molar refractivity (Wildman–Crippen MR) is 71.8 cm³/mol. The molecule has 0 aromatic rings.